The molecule has 0 aliphatic heterocycles. The van der Waals surface area contributed by atoms with E-state index in [1.807, 2.05) is 62.3 Å². The molecule has 0 spiro atoms. The van der Waals surface area contributed by atoms with Gasteiger partial charge in [0.1, 0.15) is 0 Å². The number of ketones is 1. The van der Waals surface area contributed by atoms with Gasteiger partial charge in [-0.1, -0.05) is 0 Å². The molecule has 0 N–H and O–H groups in total. The van der Waals surface area contributed by atoms with Crippen molar-refractivity contribution < 1.29 is 44.4 Å². The topological polar surface area (TPSA) is 71.1 Å². The summed E-state index contributed by atoms with van der Waals surface area (Å²) in [4.78, 5) is 25.2. The zero-order chi connectivity index (χ0) is 20.1. The van der Waals surface area contributed by atoms with Gasteiger partial charge in [0.25, 0.3) is 0 Å². The van der Waals surface area contributed by atoms with Gasteiger partial charge in [-0.25, -0.2) is 0 Å². The molecule has 0 atom stereocenters. The van der Waals surface area contributed by atoms with Crippen LogP contribution in [0.3, 0.4) is 0 Å². The summed E-state index contributed by atoms with van der Waals surface area (Å²) < 4.78 is 23.3. The molecule has 0 saturated heterocycles. The van der Waals surface area contributed by atoms with Gasteiger partial charge >= 0.3 is 159 Å². The van der Waals surface area contributed by atoms with E-state index in [1.54, 1.807) is 6.92 Å². The summed E-state index contributed by atoms with van der Waals surface area (Å²) in [6.07, 6.45) is -0.293. The van der Waals surface area contributed by atoms with Gasteiger partial charge in [-0.15, -0.1) is 0 Å². The normalized spacial score (nSPS) is 13.8. The average molecular weight is 440 g/mol. The van der Waals surface area contributed by atoms with E-state index in [4.69, 9.17) is 13.2 Å². The van der Waals surface area contributed by atoms with Crippen LogP contribution in [-0.2, 0) is 44.4 Å². The van der Waals surface area contributed by atoms with Gasteiger partial charge in [-0.2, -0.15) is 0 Å². The molecule has 0 rings (SSSR count). The molecule has 0 aliphatic rings. The van der Waals surface area contributed by atoms with Gasteiger partial charge in [0.15, 0.2) is 0 Å². The Labute approximate surface area is 159 Å². The van der Waals surface area contributed by atoms with Crippen LogP contribution >= 0.6 is 0 Å². The number of Topliss-reactive ketones (excluding diaryl/α,β-unsaturated/α-hetero) is 1. The molecule has 0 amide bonds. The quantitative estimate of drug-likeness (QED) is 0.508. The summed E-state index contributed by atoms with van der Waals surface area (Å²) in [6.45, 7) is 18.8. The Balaban J connectivity index is 5.78. The van der Waals surface area contributed by atoms with Crippen LogP contribution in [0, 0.1) is 0 Å². The van der Waals surface area contributed by atoms with Crippen molar-refractivity contribution in [1.82, 2.24) is 0 Å². The Morgan fingerprint density at radius 2 is 1.12 bits per heavy atom. The molecule has 0 heterocycles. The summed E-state index contributed by atoms with van der Waals surface area (Å²) in [5, 5.41) is 0. The molecule has 0 fully saturated rings. The Morgan fingerprint density at radius 3 is 1.40 bits per heavy atom. The fourth-order valence-electron chi connectivity index (χ4n) is 2.00. The predicted octanol–water partition coefficient (Wildman–Crippen LogP) is 3.85. The van der Waals surface area contributed by atoms with Crippen LogP contribution in [0.25, 0.3) is 0 Å². The van der Waals surface area contributed by atoms with Crippen LogP contribution in [0.2, 0.25) is 0 Å². The molecule has 25 heavy (non-hydrogen) atoms. The van der Waals surface area contributed by atoms with E-state index in [0.717, 1.165) is 0 Å². The molecule has 6 nitrogen and oxygen atoms in total. The first-order valence-electron chi connectivity index (χ1n) is 8.73. The number of hydrogen-bond donors (Lipinski definition) is 0. The first-order chi connectivity index (χ1) is 11.0. The average Bonchev–Trinajstić information content (AvgIpc) is 2.29. The predicted molar refractivity (Wildman–Crippen MR) is 93.6 cm³/mol. The third kappa shape index (κ3) is 11.4. The Bertz CT molecular complexity index is 413. The van der Waals surface area contributed by atoms with E-state index >= 15 is 0 Å². The molecule has 148 valence electrons. The third-order valence-electron chi connectivity index (χ3n) is 2.49. The van der Waals surface area contributed by atoms with Crippen LogP contribution in [0.15, 0.2) is 0 Å². The molecule has 0 saturated carbocycles. The maximum atomic E-state index is 13.1. The maximum absolute atomic E-state index is 13.1. The number of ether oxygens (including phenoxy) is 1. The van der Waals surface area contributed by atoms with E-state index in [2.05, 4.69) is 0 Å². The SMILES string of the molecule is CCOCC(=O)C[C](=O)[Zr]([O]C(C)(C)C)([O]C(C)(C)C)[O]C(C)(C)C. The summed E-state index contributed by atoms with van der Waals surface area (Å²) in [7, 11) is 0. The van der Waals surface area contributed by atoms with Crippen molar-refractivity contribution >= 4 is 9.27 Å². The van der Waals surface area contributed by atoms with Crippen molar-refractivity contribution in [2.45, 2.75) is 92.5 Å². The monoisotopic (exact) mass is 438 g/mol. The van der Waals surface area contributed by atoms with Crippen molar-refractivity contribution in [3.63, 3.8) is 0 Å². The first-order valence-corrected chi connectivity index (χ1v) is 13.0. The molecule has 0 aromatic heterocycles. The van der Waals surface area contributed by atoms with E-state index < -0.39 is 38.4 Å². The number of carbonyl (C=O) groups is 2. The molecule has 0 radical (unpaired) electrons. The summed E-state index contributed by atoms with van der Waals surface area (Å²) in [6, 6.07) is 0. The van der Waals surface area contributed by atoms with Crippen LogP contribution in [0.4, 0.5) is 0 Å². The Morgan fingerprint density at radius 1 is 0.760 bits per heavy atom. The van der Waals surface area contributed by atoms with Crippen molar-refractivity contribution in [3.8, 4) is 0 Å². The van der Waals surface area contributed by atoms with Gasteiger partial charge in [0.2, 0.25) is 0 Å². The fraction of sp³-hybridized carbons (Fsp3) is 0.889. The minimum atomic E-state index is -4.77. The summed E-state index contributed by atoms with van der Waals surface area (Å²) in [5.41, 5.74) is -1.90. The van der Waals surface area contributed by atoms with Gasteiger partial charge < -0.3 is 0 Å². The molecular weight excluding hydrogens is 403 g/mol. The van der Waals surface area contributed by atoms with Crippen LogP contribution < -0.4 is 0 Å². The van der Waals surface area contributed by atoms with Gasteiger partial charge in [0.05, 0.1) is 0 Å². The fourth-order valence-corrected chi connectivity index (χ4v) is 10.1. The summed E-state index contributed by atoms with van der Waals surface area (Å²) in [5.74, 6) is -0.291. The Kier molecular flexibility index (Phi) is 9.34. The van der Waals surface area contributed by atoms with E-state index in [1.165, 1.54) is 0 Å². The minimum absolute atomic E-state index is 0.0925. The number of hydrogen-bond acceptors (Lipinski definition) is 6. The van der Waals surface area contributed by atoms with Crippen molar-refractivity contribution in [2.75, 3.05) is 13.2 Å². The van der Waals surface area contributed by atoms with Crippen molar-refractivity contribution in [1.29, 1.82) is 0 Å². The molecule has 0 unspecified atom stereocenters. The molecule has 0 aromatic rings. The second-order valence-electron chi connectivity index (χ2n) is 8.98. The summed E-state index contributed by atoms with van der Waals surface area (Å²) >= 11 is -4.77. The second kappa shape index (κ2) is 9.32. The molecular formula is C18H36O6Zr. The van der Waals surface area contributed by atoms with Crippen LogP contribution in [-0.4, -0.2) is 39.3 Å². The van der Waals surface area contributed by atoms with Gasteiger partial charge in [-0.05, 0) is 0 Å². The first kappa shape index (κ1) is 25.1. The number of rotatable bonds is 9. The van der Waals surface area contributed by atoms with Crippen LogP contribution in [0.5, 0.6) is 0 Å². The van der Waals surface area contributed by atoms with E-state index in [9.17, 15) is 9.59 Å². The van der Waals surface area contributed by atoms with Gasteiger partial charge in [0, 0.05) is 0 Å². The van der Waals surface area contributed by atoms with E-state index in [-0.39, 0.29) is 22.3 Å². The van der Waals surface area contributed by atoms with Crippen molar-refractivity contribution in [3.05, 3.63) is 0 Å². The zero-order valence-electron chi connectivity index (χ0n) is 17.6. The molecule has 7 heteroatoms. The number of carbonyl (C=O) groups excluding carboxylic acids is 2. The molecule has 0 aliphatic carbocycles. The van der Waals surface area contributed by atoms with Crippen molar-refractivity contribution in [2.24, 2.45) is 0 Å². The van der Waals surface area contributed by atoms with Gasteiger partial charge in [-0.3, -0.25) is 0 Å². The molecule has 0 bridgehead atoms. The second-order valence-corrected chi connectivity index (χ2v) is 14.6. The zero-order valence-corrected chi connectivity index (χ0v) is 20.0. The van der Waals surface area contributed by atoms with E-state index in [0.29, 0.717) is 6.61 Å². The standard InChI is InChI=1S/C6H9O3.3C4H9O.Zr/c1-2-9-5-6(8)3-4-7;3*1-4(2,3)5;/h2-3,5H2,1H3;3*1-3H3;/q;3*-1;+3. The Hall–Kier alpha value is 0.0631. The molecule has 0 aromatic carbocycles. The third-order valence-corrected chi connectivity index (χ3v) is 11.1. The van der Waals surface area contributed by atoms with Crippen LogP contribution in [0.1, 0.15) is 75.7 Å².